The molecule has 3 aromatic rings. The van der Waals surface area contributed by atoms with Crippen LogP contribution in [-0.4, -0.2) is 75.6 Å². The van der Waals surface area contributed by atoms with Crippen molar-refractivity contribution in [2.24, 2.45) is 0 Å². The number of alkyl halides is 3. The van der Waals surface area contributed by atoms with Gasteiger partial charge < -0.3 is 25.7 Å². The predicted molar refractivity (Wildman–Crippen MR) is 143 cm³/mol. The highest BCUT2D eigenvalue weighted by Crippen LogP contribution is 2.33. The fraction of sp³-hybridized carbons (Fsp3) is 0.520. The first kappa shape index (κ1) is 28.8. The molecule has 1 aliphatic heterocycles. The molecule has 5 N–H and O–H groups in total. The fourth-order valence-electron chi connectivity index (χ4n) is 4.70. The van der Waals surface area contributed by atoms with Gasteiger partial charge in [-0.3, -0.25) is 9.78 Å². The van der Waals surface area contributed by atoms with Crippen LogP contribution < -0.4 is 21.1 Å². The van der Waals surface area contributed by atoms with Gasteiger partial charge in [-0.05, 0) is 57.2 Å². The number of thiazole rings is 1. The molecule has 212 valence electrons. The van der Waals surface area contributed by atoms with Crippen LogP contribution in [0.5, 0.6) is 0 Å². The number of halogens is 3. The van der Waals surface area contributed by atoms with Crippen LogP contribution in [-0.2, 0) is 4.79 Å². The van der Waals surface area contributed by atoms with Gasteiger partial charge in [0.15, 0.2) is 0 Å². The van der Waals surface area contributed by atoms with E-state index in [1.807, 2.05) is 31.3 Å². The number of fused-ring (bicyclic) bond motifs is 1. The number of aromatic amines is 1. The van der Waals surface area contributed by atoms with Crippen molar-refractivity contribution >= 4 is 39.3 Å². The number of hydrogen-bond donors (Lipinski definition) is 5. The number of aliphatic hydroxyl groups is 1. The van der Waals surface area contributed by atoms with Gasteiger partial charge in [-0.15, -0.1) is 11.3 Å². The number of aliphatic carboxylic acids is 1. The van der Waals surface area contributed by atoms with E-state index in [9.17, 15) is 23.1 Å². The zero-order valence-corrected chi connectivity index (χ0v) is 22.1. The average Bonchev–Trinajstić information content (AvgIpc) is 3.32. The molecular formula is C25H31F3N6O4S. The summed E-state index contributed by atoms with van der Waals surface area (Å²) in [6.45, 7) is 1.87. The van der Waals surface area contributed by atoms with Crippen molar-refractivity contribution in [3.63, 3.8) is 0 Å². The summed E-state index contributed by atoms with van der Waals surface area (Å²) in [6, 6.07) is 8.40. The molecule has 0 radical (unpaired) electrons. The van der Waals surface area contributed by atoms with Crippen molar-refractivity contribution < 1.29 is 28.2 Å². The van der Waals surface area contributed by atoms with Crippen LogP contribution >= 0.6 is 11.3 Å². The van der Waals surface area contributed by atoms with Crippen molar-refractivity contribution in [3.05, 3.63) is 34.6 Å². The third-order valence-electron chi connectivity index (χ3n) is 6.84. The number of nitrogens with one attached hydrogen (secondary N) is 3. The Morgan fingerprint density at radius 1 is 1.15 bits per heavy atom. The minimum absolute atomic E-state index is 0.178. The summed E-state index contributed by atoms with van der Waals surface area (Å²) in [5.74, 6) is -1.60. The van der Waals surface area contributed by atoms with Crippen LogP contribution in [0.4, 0.5) is 24.9 Å². The lowest BCUT2D eigenvalue weighted by molar-refractivity contribution is -0.192. The van der Waals surface area contributed by atoms with E-state index in [1.54, 1.807) is 0 Å². The topological polar surface area (TPSA) is 143 Å². The van der Waals surface area contributed by atoms with Gasteiger partial charge in [0.1, 0.15) is 16.4 Å². The molecule has 1 aliphatic carbocycles. The summed E-state index contributed by atoms with van der Waals surface area (Å²) < 4.78 is 32.8. The second kappa shape index (κ2) is 12.3. The Morgan fingerprint density at radius 3 is 2.46 bits per heavy atom. The van der Waals surface area contributed by atoms with E-state index in [4.69, 9.17) is 19.9 Å². The molecule has 2 fully saturated rings. The Balaban J connectivity index is 0.000000448. The molecule has 2 aliphatic rings. The Hall–Kier alpha value is -3.23. The van der Waals surface area contributed by atoms with Crippen LogP contribution in [0.15, 0.2) is 29.1 Å². The van der Waals surface area contributed by atoms with E-state index in [1.165, 1.54) is 11.3 Å². The number of aromatic nitrogens is 3. The quantitative estimate of drug-likeness (QED) is 0.312. The molecule has 14 heteroatoms. The largest absolute Gasteiger partial charge is 0.490 e. The number of carboxylic acid groups (broad SMARTS) is 1. The molecule has 1 aromatic carbocycles. The number of rotatable bonds is 5. The van der Waals surface area contributed by atoms with Gasteiger partial charge in [0.2, 0.25) is 5.95 Å². The molecule has 2 aromatic heterocycles. The van der Waals surface area contributed by atoms with Gasteiger partial charge in [0.05, 0.1) is 16.3 Å². The number of nitrogens with zero attached hydrogens (tertiary/aromatic N) is 3. The Morgan fingerprint density at radius 2 is 1.85 bits per heavy atom. The fourth-order valence-corrected chi connectivity index (χ4v) is 5.71. The highest BCUT2D eigenvalue weighted by Gasteiger charge is 2.38. The third kappa shape index (κ3) is 7.25. The maximum absolute atomic E-state index is 13.4. The second-order valence-electron chi connectivity index (χ2n) is 9.66. The molecular weight excluding hydrogens is 537 g/mol. The number of piperidine rings is 1. The molecule has 1 saturated heterocycles. The standard InChI is InChI=1S/C23H30N6O2S.C2HF3O2/c1-29(15-8-10-16(30)11-9-15)23-27-20(25-14-5-4-12-24-13-14)19(21(31)28-23)22-26-17-6-2-3-7-18(17)32-22;3-2(4,5)1(6)7/h2-3,6-7,14-16,24,30H,4-5,8-13H2,1H3,(H2,25,27,28,31);(H,6,7). The zero-order chi connectivity index (χ0) is 28.2. The number of para-hydroxylation sites is 1. The first-order valence-corrected chi connectivity index (χ1v) is 13.5. The molecule has 0 amide bonds. The molecule has 1 saturated carbocycles. The highest BCUT2D eigenvalue weighted by atomic mass is 32.1. The Bertz CT molecular complexity index is 1300. The Kier molecular flexibility index (Phi) is 9.08. The lowest BCUT2D eigenvalue weighted by Gasteiger charge is -2.33. The average molecular weight is 569 g/mol. The van der Waals surface area contributed by atoms with Crippen LogP contribution in [0.25, 0.3) is 20.8 Å². The number of carboxylic acids is 1. The van der Waals surface area contributed by atoms with Gasteiger partial charge in [0, 0.05) is 25.7 Å². The number of hydrogen-bond acceptors (Lipinski definition) is 9. The minimum Gasteiger partial charge on any atom is -0.475 e. The van der Waals surface area contributed by atoms with Crippen LogP contribution in [0.3, 0.4) is 0 Å². The molecule has 1 atom stereocenters. The second-order valence-corrected chi connectivity index (χ2v) is 10.7. The summed E-state index contributed by atoms with van der Waals surface area (Å²) in [5.41, 5.74) is 1.22. The van der Waals surface area contributed by atoms with Gasteiger partial charge >= 0.3 is 12.1 Å². The van der Waals surface area contributed by atoms with E-state index < -0.39 is 12.1 Å². The van der Waals surface area contributed by atoms with Crippen LogP contribution in [0, 0.1) is 0 Å². The minimum atomic E-state index is -5.08. The van der Waals surface area contributed by atoms with Gasteiger partial charge in [0.25, 0.3) is 5.56 Å². The van der Waals surface area contributed by atoms with Gasteiger partial charge in [-0.2, -0.15) is 18.2 Å². The summed E-state index contributed by atoms with van der Waals surface area (Å²) in [5, 5.41) is 24.6. The SMILES string of the molecule is CN(c1nc(NC2CCCNC2)c(-c2nc3ccccc3s2)c(=O)[nH]1)C1CCC(O)CC1.O=C(O)C(F)(F)F. The summed E-state index contributed by atoms with van der Waals surface area (Å²) in [6.07, 6.45) is 0.154. The number of anilines is 2. The van der Waals surface area contributed by atoms with Crippen molar-refractivity contribution in [2.45, 2.75) is 62.9 Å². The zero-order valence-electron chi connectivity index (χ0n) is 21.3. The smallest absolute Gasteiger partial charge is 0.475 e. The lowest BCUT2D eigenvalue weighted by atomic mass is 9.92. The molecule has 0 spiro atoms. The first-order chi connectivity index (χ1) is 18.5. The number of H-pyrrole nitrogens is 1. The molecule has 5 rings (SSSR count). The maximum atomic E-state index is 13.4. The van der Waals surface area contributed by atoms with Gasteiger partial charge in [-0.1, -0.05) is 12.1 Å². The molecule has 10 nitrogen and oxygen atoms in total. The number of benzene rings is 1. The van der Waals surface area contributed by atoms with E-state index in [0.717, 1.165) is 61.8 Å². The van der Waals surface area contributed by atoms with E-state index in [2.05, 4.69) is 20.5 Å². The van der Waals surface area contributed by atoms with Crippen molar-refractivity contribution in [2.75, 3.05) is 30.4 Å². The lowest BCUT2D eigenvalue weighted by Crippen LogP contribution is -2.40. The monoisotopic (exact) mass is 568 g/mol. The van der Waals surface area contributed by atoms with E-state index >= 15 is 0 Å². The molecule has 0 bridgehead atoms. The number of carbonyl (C=O) groups is 1. The first-order valence-electron chi connectivity index (χ1n) is 12.7. The highest BCUT2D eigenvalue weighted by molar-refractivity contribution is 7.21. The van der Waals surface area contributed by atoms with E-state index in [-0.39, 0.29) is 23.7 Å². The molecule has 39 heavy (non-hydrogen) atoms. The Labute approximate surface area is 226 Å². The normalized spacial score (nSPS) is 21.6. The summed E-state index contributed by atoms with van der Waals surface area (Å²) >= 11 is 1.52. The molecule has 1 unspecified atom stereocenters. The third-order valence-corrected chi connectivity index (χ3v) is 7.90. The van der Waals surface area contributed by atoms with Crippen LogP contribution in [0.1, 0.15) is 38.5 Å². The summed E-state index contributed by atoms with van der Waals surface area (Å²) in [7, 11) is 1.98. The van der Waals surface area contributed by atoms with Crippen molar-refractivity contribution in [3.8, 4) is 10.6 Å². The predicted octanol–water partition coefficient (Wildman–Crippen LogP) is 3.58. The van der Waals surface area contributed by atoms with Crippen molar-refractivity contribution in [1.82, 2.24) is 20.3 Å². The van der Waals surface area contributed by atoms with Crippen molar-refractivity contribution in [1.29, 1.82) is 0 Å². The van der Waals surface area contributed by atoms with E-state index in [0.29, 0.717) is 22.3 Å². The summed E-state index contributed by atoms with van der Waals surface area (Å²) in [4.78, 5) is 37.0. The van der Waals surface area contributed by atoms with Gasteiger partial charge in [-0.25, -0.2) is 9.78 Å². The maximum Gasteiger partial charge on any atom is 0.490 e. The molecule has 3 heterocycles. The number of aliphatic hydroxyl groups excluding tert-OH is 1. The van der Waals surface area contributed by atoms with Crippen LogP contribution in [0.2, 0.25) is 0 Å².